The van der Waals surface area contributed by atoms with Crippen molar-refractivity contribution in [2.24, 2.45) is 0 Å². The molecule has 54 valence electrons. The van der Waals surface area contributed by atoms with Gasteiger partial charge in [0.2, 0.25) is 0 Å². The van der Waals surface area contributed by atoms with Crippen LogP contribution < -0.4 is 0 Å². The summed E-state index contributed by atoms with van der Waals surface area (Å²) < 4.78 is 13.0. The van der Waals surface area contributed by atoms with Crippen molar-refractivity contribution in [3.05, 3.63) is 0 Å². The van der Waals surface area contributed by atoms with Gasteiger partial charge in [0.05, 0.1) is 9.30 Å². The monoisotopic (exact) mass is 136 g/mol. The van der Waals surface area contributed by atoms with Gasteiger partial charge in [-0.2, -0.15) is 0 Å². The van der Waals surface area contributed by atoms with Crippen molar-refractivity contribution in [2.75, 3.05) is 6.56 Å². The van der Waals surface area contributed by atoms with E-state index >= 15 is 0 Å². The van der Waals surface area contributed by atoms with Crippen molar-refractivity contribution in [1.82, 2.24) is 0 Å². The van der Waals surface area contributed by atoms with E-state index in [1.54, 1.807) is 0 Å². The predicted octanol–water partition coefficient (Wildman–Crippen LogP) is -1.71. The molecule has 0 radical (unpaired) electrons. The van der Waals surface area contributed by atoms with Gasteiger partial charge < -0.3 is 15.3 Å². The van der Waals surface area contributed by atoms with Crippen LogP contribution >= 0.6 is 0 Å². The first-order chi connectivity index (χ1) is 4.76. The predicted molar refractivity (Wildman–Crippen MR) is 29.8 cm³/mol. The van der Waals surface area contributed by atoms with E-state index in [1.165, 1.54) is 0 Å². The highest BCUT2D eigenvalue weighted by atomic mass is 16.4. The molecule has 4 nitrogen and oxygen atoms in total. The number of hydrogen-bond donors (Lipinski definition) is 3. The lowest BCUT2D eigenvalue weighted by molar-refractivity contribution is -0.132. The van der Waals surface area contributed by atoms with E-state index in [4.69, 9.17) is 18.1 Å². The zero-order chi connectivity index (χ0) is 9.23. The van der Waals surface area contributed by atoms with Gasteiger partial charge in [-0.1, -0.05) is 0 Å². The van der Waals surface area contributed by atoms with E-state index in [2.05, 4.69) is 0 Å². The van der Waals surface area contributed by atoms with E-state index in [9.17, 15) is 4.79 Å². The Morgan fingerprint density at radius 1 is 1.78 bits per heavy atom. The Bertz CT molecular complexity index is 153. The van der Waals surface area contributed by atoms with Crippen LogP contribution in [-0.2, 0) is 4.79 Å². The van der Waals surface area contributed by atoms with Gasteiger partial charge >= 0.3 is 0 Å². The molecule has 0 unspecified atom stereocenters. The highest BCUT2D eigenvalue weighted by Crippen LogP contribution is 1.92. The standard InChI is InChI=1S/C5H10O4/c1-3(7)5(9)4(8)2-6/h4-6,8-9H,2H2,1H3/t4-,5-/m1/s1/i2D2. The fourth-order valence-corrected chi connectivity index (χ4v) is 0.293. The molecule has 0 spiro atoms. The molecule has 0 fully saturated rings. The number of carbonyl (C=O) groups excluding carboxylic acids is 1. The molecule has 0 aliphatic carbocycles. The molecule has 4 heteroatoms. The largest absolute Gasteiger partial charge is 0.394 e. The molecule has 0 aliphatic heterocycles. The van der Waals surface area contributed by atoms with Crippen LogP contribution in [-0.4, -0.2) is 39.9 Å². The third-order valence-corrected chi connectivity index (χ3v) is 0.848. The fourth-order valence-electron chi connectivity index (χ4n) is 0.293. The number of hydrogen-bond acceptors (Lipinski definition) is 4. The smallest absolute Gasteiger partial charge is 0.160 e. The van der Waals surface area contributed by atoms with E-state index in [0.29, 0.717) is 0 Å². The number of Topliss-reactive ketones (excluding diaryl/α,β-unsaturated/α-hetero) is 1. The minimum absolute atomic E-state index is 0.796. The minimum Gasteiger partial charge on any atom is -0.394 e. The Labute approximate surface area is 55.6 Å². The van der Waals surface area contributed by atoms with Crippen LogP contribution in [0.2, 0.25) is 0 Å². The summed E-state index contributed by atoms with van der Waals surface area (Å²) in [5.74, 6) is -0.796. The summed E-state index contributed by atoms with van der Waals surface area (Å²) in [6, 6.07) is 0. The Kier molecular flexibility index (Phi) is 2.11. The van der Waals surface area contributed by atoms with E-state index in [0.717, 1.165) is 6.92 Å². The van der Waals surface area contributed by atoms with Crippen molar-refractivity contribution in [2.45, 2.75) is 19.1 Å². The molecular weight excluding hydrogens is 124 g/mol. The molecule has 0 saturated carbocycles. The maximum absolute atomic E-state index is 10.3. The molecular formula is C5H10O4. The van der Waals surface area contributed by atoms with Gasteiger partial charge in [-0.3, -0.25) is 4.79 Å². The molecule has 0 aromatic carbocycles. The average molecular weight is 136 g/mol. The molecule has 0 aromatic rings. The SMILES string of the molecule is [2H]C([2H])(O)[C@@H](O)[C@H](O)C(C)=O. The Balaban J connectivity index is 4.25. The second-order valence-corrected chi connectivity index (χ2v) is 1.63. The highest BCUT2D eigenvalue weighted by Gasteiger charge is 2.18. The lowest BCUT2D eigenvalue weighted by Crippen LogP contribution is -2.34. The molecule has 0 amide bonds. The Morgan fingerprint density at radius 3 is 2.33 bits per heavy atom. The van der Waals surface area contributed by atoms with Crippen molar-refractivity contribution in [3.63, 3.8) is 0 Å². The average Bonchev–Trinajstić information content (AvgIpc) is 1.82. The van der Waals surface area contributed by atoms with Crippen LogP contribution in [0.1, 0.15) is 9.67 Å². The van der Waals surface area contributed by atoms with Crippen LogP contribution in [0, 0.1) is 0 Å². The molecule has 0 bridgehead atoms. The second-order valence-electron chi connectivity index (χ2n) is 1.63. The van der Waals surface area contributed by atoms with Crippen molar-refractivity contribution in [3.8, 4) is 0 Å². The summed E-state index contributed by atoms with van der Waals surface area (Å²) in [6.45, 7) is -1.97. The second kappa shape index (κ2) is 3.55. The van der Waals surface area contributed by atoms with E-state index in [1.807, 2.05) is 0 Å². The topological polar surface area (TPSA) is 77.8 Å². The normalized spacial score (nSPS) is 21.8. The van der Waals surface area contributed by atoms with Crippen molar-refractivity contribution < 1.29 is 22.9 Å². The summed E-state index contributed by atoms with van der Waals surface area (Å²) in [5, 5.41) is 25.9. The number of aliphatic hydroxyl groups excluding tert-OH is 2. The van der Waals surface area contributed by atoms with Gasteiger partial charge in [-0.05, 0) is 6.92 Å². The lowest BCUT2D eigenvalue weighted by Gasteiger charge is -2.10. The van der Waals surface area contributed by atoms with Crippen LogP contribution in [0.3, 0.4) is 0 Å². The first kappa shape index (κ1) is 5.34. The summed E-state index contributed by atoms with van der Waals surface area (Å²) in [6.07, 6.45) is -3.98. The molecule has 0 heterocycles. The molecule has 0 rings (SSSR count). The first-order valence-electron chi connectivity index (χ1n) is 3.35. The quantitative estimate of drug-likeness (QED) is 0.431. The highest BCUT2D eigenvalue weighted by molar-refractivity contribution is 5.80. The van der Waals surface area contributed by atoms with E-state index in [-0.39, 0.29) is 0 Å². The summed E-state index contributed by atoms with van der Waals surface area (Å²) in [5.41, 5.74) is 0. The third kappa shape index (κ3) is 2.55. The van der Waals surface area contributed by atoms with E-state index < -0.39 is 24.6 Å². The summed E-state index contributed by atoms with van der Waals surface area (Å²) in [7, 11) is 0. The maximum atomic E-state index is 10.3. The minimum atomic E-state index is -2.95. The summed E-state index contributed by atoms with van der Waals surface area (Å²) >= 11 is 0. The van der Waals surface area contributed by atoms with Gasteiger partial charge in [0.15, 0.2) is 5.78 Å². The first-order valence-corrected chi connectivity index (χ1v) is 2.35. The zero-order valence-electron chi connectivity index (χ0n) is 6.90. The number of rotatable bonds is 3. The van der Waals surface area contributed by atoms with Crippen LogP contribution in [0.4, 0.5) is 0 Å². The number of carbonyl (C=O) groups is 1. The Hall–Kier alpha value is -0.450. The zero-order valence-corrected chi connectivity index (χ0v) is 4.90. The number of aliphatic hydroxyl groups is 3. The molecule has 3 N–H and O–H groups in total. The third-order valence-electron chi connectivity index (χ3n) is 0.848. The van der Waals surface area contributed by atoms with Crippen molar-refractivity contribution in [1.29, 1.82) is 0 Å². The van der Waals surface area contributed by atoms with Crippen LogP contribution in [0.5, 0.6) is 0 Å². The molecule has 0 aliphatic rings. The van der Waals surface area contributed by atoms with Crippen LogP contribution in [0.25, 0.3) is 0 Å². The van der Waals surface area contributed by atoms with Gasteiger partial charge in [-0.15, -0.1) is 0 Å². The molecule has 0 saturated heterocycles. The van der Waals surface area contributed by atoms with Gasteiger partial charge in [0, 0.05) is 0 Å². The lowest BCUT2D eigenvalue weighted by atomic mass is 10.1. The Morgan fingerprint density at radius 2 is 2.22 bits per heavy atom. The molecule has 0 aromatic heterocycles. The van der Waals surface area contributed by atoms with Crippen LogP contribution in [0.15, 0.2) is 0 Å². The fraction of sp³-hybridized carbons (Fsp3) is 0.800. The molecule has 2 atom stereocenters. The molecule has 9 heavy (non-hydrogen) atoms. The van der Waals surface area contributed by atoms with Gasteiger partial charge in [0.25, 0.3) is 0 Å². The number of ketones is 1. The maximum Gasteiger partial charge on any atom is 0.160 e. The van der Waals surface area contributed by atoms with Crippen molar-refractivity contribution >= 4 is 5.78 Å². The van der Waals surface area contributed by atoms with Gasteiger partial charge in [-0.25, -0.2) is 0 Å². The summed E-state index contributed by atoms with van der Waals surface area (Å²) in [4.78, 5) is 10.3. The van der Waals surface area contributed by atoms with Gasteiger partial charge in [0.1, 0.15) is 12.2 Å².